The first-order valence-electron chi connectivity index (χ1n) is 5.76. The lowest BCUT2D eigenvalue weighted by molar-refractivity contribution is 0.109. The zero-order valence-electron chi connectivity index (χ0n) is 9.95. The summed E-state index contributed by atoms with van der Waals surface area (Å²) in [4.78, 5) is 26.6. The van der Waals surface area contributed by atoms with Crippen LogP contribution >= 0.6 is 0 Å². The Hall–Kier alpha value is -2.69. The molecule has 5 nitrogen and oxygen atoms in total. The summed E-state index contributed by atoms with van der Waals surface area (Å²) in [6, 6.07) is 10.6. The number of rotatable bonds is 3. The number of carbonyl (C=O) groups excluding carboxylic acids is 1. The summed E-state index contributed by atoms with van der Waals surface area (Å²) in [5.74, 6) is 0.807. The normalized spacial score (nSPS) is 10.7. The number of aromatic nitrogens is 2. The first kappa shape index (κ1) is 11.4. The predicted octanol–water partition coefficient (Wildman–Crippen LogP) is 1.85. The quantitative estimate of drug-likeness (QED) is 0.669. The van der Waals surface area contributed by atoms with Crippen molar-refractivity contribution in [1.82, 2.24) is 9.55 Å². The molecule has 0 radical (unpaired) electrons. The molecule has 0 aliphatic carbocycles. The van der Waals surface area contributed by atoms with E-state index in [0.717, 1.165) is 11.0 Å². The molecule has 3 aromatic rings. The fourth-order valence-electron chi connectivity index (χ4n) is 1.98. The van der Waals surface area contributed by atoms with Crippen LogP contribution in [0.2, 0.25) is 0 Å². The van der Waals surface area contributed by atoms with E-state index in [-0.39, 0.29) is 17.9 Å². The monoisotopic (exact) mass is 254 g/mol. The minimum atomic E-state index is -0.206. The summed E-state index contributed by atoms with van der Waals surface area (Å²) in [6.07, 6.45) is 1.92. The Morgan fingerprint density at radius 3 is 2.84 bits per heavy atom. The third kappa shape index (κ3) is 2.06. The largest absolute Gasteiger partial charge is 0.456 e. The summed E-state index contributed by atoms with van der Waals surface area (Å²) in [6.45, 7) is 0.274. The van der Waals surface area contributed by atoms with Crippen molar-refractivity contribution in [1.29, 1.82) is 0 Å². The van der Waals surface area contributed by atoms with Crippen molar-refractivity contribution >= 4 is 17.3 Å². The van der Waals surface area contributed by atoms with Gasteiger partial charge in [0.2, 0.25) is 0 Å². The van der Waals surface area contributed by atoms with Crippen molar-refractivity contribution in [2.45, 2.75) is 6.54 Å². The first-order valence-corrected chi connectivity index (χ1v) is 5.76. The number of benzene rings is 1. The molecule has 0 spiro atoms. The molecule has 3 rings (SSSR count). The van der Waals surface area contributed by atoms with Gasteiger partial charge in [-0.2, -0.15) is 0 Å². The Kier molecular flexibility index (Phi) is 2.72. The van der Waals surface area contributed by atoms with Gasteiger partial charge in [0.1, 0.15) is 5.76 Å². The van der Waals surface area contributed by atoms with Gasteiger partial charge in [-0.05, 0) is 24.3 Å². The number of hydrogen-bond donors (Lipinski definition) is 0. The molecule has 0 aliphatic rings. The van der Waals surface area contributed by atoms with Crippen LogP contribution in [0.5, 0.6) is 0 Å². The predicted molar refractivity (Wildman–Crippen MR) is 69.2 cm³/mol. The van der Waals surface area contributed by atoms with E-state index in [0.29, 0.717) is 12.0 Å². The zero-order chi connectivity index (χ0) is 13.2. The molecule has 5 heteroatoms. The first-order chi connectivity index (χ1) is 9.28. The minimum absolute atomic E-state index is 0.206. The molecule has 94 valence electrons. The van der Waals surface area contributed by atoms with Gasteiger partial charge >= 0.3 is 0 Å². The van der Waals surface area contributed by atoms with E-state index in [2.05, 4.69) is 4.98 Å². The maximum atomic E-state index is 11.9. The third-order valence-corrected chi connectivity index (χ3v) is 2.87. The molecule has 0 unspecified atom stereocenters. The van der Waals surface area contributed by atoms with E-state index in [1.54, 1.807) is 16.7 Å². The van der Waals surface area contributed by atoms with Crippen molar-refractivity contribution in [2.24, 2.45) is 0 Å². The fourth-order valence-corrected chi connectivity index (χ4v) is 1.98. The van der Waals surface area contributed by atoms with E-state index in [1.807, 2.05) is 24.3 Å². The second-order valence-electron chi connectivity index (χ2n) is 4.09. The fraction of sp³-hybridized carbons (Fsp3) is 0.0714. The number of nitrogens with zero attached hydrogens (tertiary/aromatic N) is 2. The number of para-hydroxylation sites is 2. The molecule has 0 saturated heterocycles. The number of hydrogen-bond acceptors (Lipinski definition) is 4. The molecule has 0 amide bonds. The summed E-state index contributed by atoms with van der Waals surface area (Å²) < 4.78 is 6.86. The molecular weight excluding hydrogens is 244 g/mol. The highest BCUT2D eigenvalue weighted by Gasteiger charge is 2.07. The molecule has 0 N–H and O–H groups in total. The van der Waals surface area contributed by atoms with Crippen LogP contribution in [0.3, 0.4) is 0 Å². The topological polar surface area (TPSA) is 65.1 Å². The van der Waals surface area contributed by atoms with Gasteiger partial charge in [-0.25, -0.2) is 4.98 Å². The van der Waals surface area contributed by atoms with Gasteiger partial charge in [-0.1, -0.05) is 12.1 Å². The second kappa shape index (κ2) is 4.53. The summed E-state index contributed by atoms with van der Waals surface area (Å²) in [7, 11) is 0. The highest BCUT2D eigenvalue weighted by molar-refractivity contribution is 5.74. The van der Waals surface area contributed by atoms with E-state index in [4.69, 9.17) is 4.42 Å². The Labute approximate surface area is 108 Å². The average molecular weight is 254 g/mol. The Balaban J connectivity index is 2.11. The van der Waals surface area contributed by atoms with E-state index in [9.17, 15) is 9.59 Å². The lowest BCUT2D eigenvalue weighted by atomic mass is 10.3. The van der Waals surface area contributed by atoms with Crippen LogP contribution in [-0.2, 0) is 6.54 Å². The van der Waals surface area contributed by atoms with E-state index < -0.39 is 0 Å². The molecule has 2 aromatic heterocycles. The van der Waals surface area contributed by atoms with Gasteiger partial charge in [0.25, 0.3) is 5.56 Å². The number of furan rings is 1. The van der Waals surface area contributed by atoms with Crippen molar-refractivity contribution < 1.29 is 9.21 Å². The van der Waals surface area contributed by atoms with Crippen molar-refractivity contribution in [3.05, 3.63) is 64.5 Å². The van der Waals surface area contributed by atoms with Crippen LogP contribution in [0.1, 0.15) is 16.3 Å². The number of fused-ring (bicyclic) bond motifs is 1. The van der Waals surface area contributed by atoms with Crippen molar-refractivity contribution in [3.63, 3.8) is 0 Å². The minimum Gasteiger partial charge on any atom is -0.456 e. The standard InChI is InChI=1S/C14H10N2O3/c17-9-11-6-5-10(19-11)8-16-13-4-2-1-3-12(13)15-7-14(16)18/h1-7,9H,8H2. The maximum Gasteiger partial charge on any atom is 0.269 e. The molecule has 2 heterocycles. The van der Waals surface area contributed by atoms with Crippen molar-refractivity contribution in [2.75, 3.05) is 0 Å². The van der Waals surface area contributed by atoms with Gasteiger partial charge in [0, 0.05) is 0 Å². The molecule has 19 heavy (non-hydrogen) atoms. The van der Waals surface area contributed by atoms with Gasteiger partial charge in [0.15, 0.2) is 12.0 Å². The highest BCUT2D eigenvalue weighted by atomic mass is 16.3. The SMILES string of the molecule is O=Cc1ccc(Cn2c(=O)cnc3ccccc32)o1. The summed E-state index contributed by atoms with van der Waals surface area (Å²) in [5.41, 5.74) is 1.27. The highest BCUT2D eigenvalue weighted by Crippen LogP contribution is 2.12. The molecule has 0 aliphatic heterocycles. The second-order valence-corrected chi connectivity index (χ2v) is 4.09. The maximum absolute atomic E-state index is 11.9. The smallest absolute Gasteiger partial charge is 0.269 e. The molecular formula is C14H10N2O3. The molecule has 0 atom stereocenters. The number of carbonyl (C=O) groups is 1. The Morgan fingerprint density at radius 1 is 1.21 bits per heavy atom. The average Bonchev–Trinajstić information content (AvgIpc) is 2.90. The Bertz CT molecular complexity index is 802. The van der Waals surface area contributed by atoms with Crippen LogP contribution in [0.25, 0.3) is 11.0 Å². The molecule has 0 bridgehead atoms. The third-order valence-electron chi connectivity index (χ3n) is 2.87. The van der Waals surface area contributed by atoms with E-state index in [1.165, 1.54) is 6.20 Å². The molecule has 1 aromatic carbocycles. The van der Waals surface area contributed by atoms with E-state index >= 15 is 0 Å². The van der Waals surface area contributed by atoms with Crippen LogP contribution in [0, 0.1) is 0 Å². The zero-order valence-corrected chi connectivity index (χ0v) is 9.95. The van der Waals surface area contributed by atoms with Gasteiger partial charge < -0.3 is 4.42 Å². The Morgan fingerprint density at radius 2 is 2.05 bits per heavy atom. The van der Waals surface area contributed by atoms with Gasteiger partial charge in [-0.15, -0.1) is 0 Å². The summed E-state index contributed by atoms with van der Waals surface area (Å²) >= 11 is 0. The lowest BCUT2D eigenvalue weighted by Gasteiger charge is -2.07. The lowest BCUT2D eigenvalue weighted by Crippen LogP contribution is -2.20. The van der Waals surface area contributed by atoms with Crippen LogP contribution in [0.15, 0.2) is 51.8 Å². The van der Waals surface area contributed by atoms with Gasteiger partial charge in [0.05, 0.1) is 23.8 Å². The van der Waals surface area contributed by atoms with Crippen LogP contribution in [0.4, 0.5) is 0 Å². The van der Waals surface area contributed by atoms with Crippen LogP contribution < -0.4 is 5.56 Å². The molecule has 0 saturated carbocycles. The van der Waals surface area contributed by atoms with Gasteiger partial charge in [-0.3, -0.25) is 14.2 Å². The number of aldehydes is 1. The van der Waals surface area contributed by atoms with Crippen LogP contribution in [-0.4, -0.2) is 15.8 Å². The van der Waals surface area contributed by atoms with Crippen molar-refractivity contribution in [3.8, 4) is 0 Å². The molecule has 0 fully saturated rings. The summed E-state index contributed by atoms with van der Waals surface area (Å²) in [5, 5.41) is 0.